The summed E-state index contributed by atoms with van der Waals surface area (Å²) in [5.41, 5.74) is 4.68. The van der Waals surface area contributed by atoms with Gasteiger partial charge in [-0.05, 0) is 49.1 Å². The van der Waals surface area contributed by atoms with Crippen LogP contribution in [0.4, 0.5) is 5.69 Å². The maximum atomic E-state index is 12.7. The monoisotopic (exact) mass is 635 g/mol. The van der Waals surface area contributed by atoms with Gasteiger partial charge in [0.1, 0.15) is 17.7 Å². The summed E-state index contributed by atoms with van der Waals surface area (Å²) in [7, 11) is -3.53. The molecule has 0 bridgehead atoms. The van der Waals surface area contributed by atoms with E-state index in [1.807, 2.05) is 49.4 Å². The number of aliphatic hydroxyl groups excluding tert-OH is 2. The first-order valence-electron chi connectivity index (χ1n) is 15.3. The maximum Gasteiger partial charge on any atom is 0.252 e. The number of anilines is 1. The Balaban J connectivity index is 1.54. The summed E-state index contributed by atoms with van der Waals surface area (Å²) in [5.74, 6) is -0.521. The van der Waals surface area contributed by atoms with Crippen LogP contribution in [0.5, 0.6) is 0 Å². The van der Waals surface area contributed by atoms with Crippen molar-refractivity contribution in [3.63, 3.8) is 0 Å². The number of hydrogen-bond donors (Lipinski definition) is 5. The molecule has 0 spiro atoms. The third-order valence-electron chi connectivity index (χ3n) is 8.05. The Labute approximate surface area is 263 Å². The standard InChI is InChI=1S/C33H41N5O6S/c1-4-16-45(42,43)37-21(3)24-17-26(35-19-25(22-12-8-6-9-13-22)23-14-10-7-11-15-23)28-27(18-24)38(20-36-28)33-30(40)29(39)31(44-33)32(41)34-5-2/h6-15,17-18,20-21,25,29-31,33,35,37,39-40H,4-5,16,19H2,1-3H3,(H,34,41)/t21?,29-,30+,31-,33+/m0/s1. The number of fused-ring (bicyclic) bond motifs is 1. The zero-order chi connectivity index (χ0) is 32.1. The highest BCUT2D eigenvalue weighted by Gasteiger charge is 2.47. The van der Waals surface area contributed by atoms with Crippen LogP contribution in [0.1, 0.15) is 62.1 Å². The van der Waals surface area contributed by atoms with Gasteiger partial charge in [-0.1, -0.05) is 67.6 Å². The summed E-state index contributed by atoms with van der Waals surface area (Å²) in [6.45, 7) is 6.18. The lowest BCUT2D eigenvalue weighted by Gasteiger charge is -2.22. The van der Waals surface area contributed by atoms with Crippen molar-refractivity contribution in [3.8, 4) is 0 Å². The number of carbonyl (C=O) groups is 1. The maximum absolute atomic E-state index is 12.7. The number of likely N-dealkylation sites (N-methyl/N-ethyl adjacent to an activating group) is 1. The molecular weight excluding hydrogens is 594 g/mol. The number of ether oxygens (including phenoxy) is 1. The Morgan fingerprint density at radius 1 is 0.978 bits per heavy atom. The zero-order valence-electron chi connectivity index (χ0n) is 25.6. The summed E-state index contributed by atoms with van der Waals surface area (Å²) >= 11 is 0. The number of sulfonamides is 1. The Bertz CT molecular complexity index is 1660. The molecule has 5 N–H and O–H groups in total. The van der Waals surface area contributed by atoms with Gasteiger partial charge in [-0.15, -0.1) is 0 Å². The van der Waals surface area contributed by atoms with Gasteiger partial charge in [0.25, 0.3) is 5.91 Å². The number of hydrogen-bond acceptors (Lipinski definition) is 8. The van der Waals surface area contributed by atoms with Crippen molar-refractivity contribution in [2.75, 3.05) is 24.2 Å². The Morgan fingerprint density at radius 2 is 1.62 bits per heavy atom. The summed E-state index contributed by atoms with van der Waals surface area (Å²) in [6, 6.07) is 23.4. The molecule has 0 saturated carbocycles. The van der Waals surface area contributed by atoms with Crippen molar-refractivity contribution in [3.05, 3.63) is 95.8 Å². The highest BCUT2D eigenvalue weighted by molar-refractivity contribution is 7.89. The molecule has 0 aliphatic carbocycles. The van der Waals surface area contributed by atoms with Crippen molar-refractivity contribution in [1.82, 2.24) is 19.6 Å². The van der Waals surface area contributed by atoms with E-state index in [0.29, 0.717) is 41.8 Å². The average Bonchev–Trinajstić information content (AvgIpc) is 3.58. The third-order valence-corrected chi connectivity index (χ3v) is 9.71. The van der Waals surface area contributed by atoms with E-state index in [2.05, 4.69) is 44.6 Å². The molecule has 1 aromatic heterocycles. The van der Waals surface area contributed by atoms with Crippen LogP contribution in [0.3, 0.4) is 0 Å². The SMILES string of the molecule is CCCS(=O)(=O)NC(C)c1cc(NCC(c2ccccc2)c2ccccc2)c2ncn([C@@H]3O[C@H](C(=O)NCC)[C@@H](O)[C@H]3O)c2c1. The number of nitrogens with one attached hydrogen (secondary N) is 3. The van der Waals surface area contributed by atoms with Crippen molar-refractivity contribution in [1.29, 1.82) is 0 Å². The Hall–Kier alpha value is -3.81. The molecule has 45 heavy (non-hydrogen) atoms. The molecule has 1 saturated heterocycles. The van der Waals surface area contributed by atoms with Gasteiger partial charge in [0.2, 0.25) is 10.0 Å². The Morgan fingerprint density at radius 3 is 2.22 bits per heavy atom. The molecular formula is C33H41N5O6S. The molecule has 5 rings (SSSR count). The van der Waals surface area contributed by atoms with Crippen LogP contribution in [0.2, 0.25) is 0 Å². The smallest absolute Gasteiger partial charge is 0.252 e. The number of aliphatic hydroxyl groups is 2. The van der Waals surface area contributed by atoms with Gasteiger partial charge in [0.05, 0.1) is 23.3 Å². The zero-order valence-corrected chi connectivity index (χ0v) is 26.4. The topological polar surface area (TPSA) is 155 Å². The normalized spacial score (nSPS) is 20.8. The molecule has 0 radical (unpaired) electrons. The number of benzene rings is 3. The minimum atomic E-state index is -3.53. The van der Waals surface area contributed by atoms with Gasteiger partial charge in [-0.2, -0.15) is 0 Å². The molecule has 3 aromatic carbocycles. The molecule has 5 atom stereocenters. The lowest BCUT2D eigenvalue weighted by Crippen LogP contribution is -2.42. The van der Waals surface area contributed by atoms with E-state index in [9.17, 15) is 23.4 Å². The number of imidazole rings is 1. The van der Waals surface area contributed by atoms with E-state index in [0.717, 1.165) is 11.1 Å². The molecule has 4 aromatic rings. The summed E-state index contributed by atoms with van der Waals surface area (Å²) < 4.78 is 35.6. The van der Waals surface area contributed by atoms with Gasteiger partial charge in [0.15, 0.2) is 12.3 Å². The first kappa shape index (κ1) is 32.6. The molecule has 1 fully saturated rings. The number of aromatic nitrogens is 2. The fourth-order valence-electron chi connectivity index (χ4n) is 5.80. The number of rotatable bonds is 13. The van der Waals surface area contributed by atoms with Gasteiger partial charge in [-0.3, -0.25) is 4.79 Å². The van der Waals surface area contributed by atoms with Crippen LogP contribution in [0.25, 0.3) is 11.0 Å². The summed E-state index contributed by atoms with van der Waals surface area (Å²) in [6.07, 6.45) is -3.24. The van der Waals surface area contributed by atoms with Crippen molar-refractivity contribution in [2.24, 2.45) is 0 Å². The second-order valence-corrected chi connectivity index (χ2v) is 13.2. The van der Waals surface area contributed by atoms with Crippen LogP contribution in [-0.4, -0.2) is 71.2 Å². The lowest BCUT2D eigenvalue weighted by atomic mass is 9.91. The van der Waals surface area contributed by atoms with E-state index in [-0.39, 0.29) is 11.7 Å². The van der Waals surface area contributed by atoms with Crippen LogP contribution in [0, 0.1) is 0 Å². The minimum absolute atomic E-state index is 0.000335. The van der Waals surface area contributed by atoms with Crippen LogP contribution in [0.15, 0.2) is 79.1 Å². The quantitative estimate of drug-likeness (QED) is 0.150. The molecule has 11 nitrogen and oxygen atoms in total. The predicted octanol–water partition coefficient (Wildman–Crippen LogP) is 3.43. The van der Waals surface area contributed by atoms with E-state index in [4.69, 9.17) is 4.74 Å². The molecule has 12 heteroatoms. The van der Waals surface area contributed by atoms with Gasteiger partial charge in [0, 0.05) is 25.0 Å². The fourth-order valence-corrected chi connectivity index (χ4v) is 7.13. The molecule has 2 heterocycles. The highest BCUT2D eigenvalue weighted by atomic mass is 32.2. The van der Waals surface area contributed by atoms with Crippen molar-refractivity contribution >= 4 is 32.7 Å². The second-order valence-electron chi connectivity index (χ2n) is 11.3. The number of nitrogens with zero attached hydrogens (tertiary/aromatic N) is 2. The second kappa shape index (κ2) is 14.1. The third kappa shape index (κ3) is 7.21. The number of amides is 1. The first-order chi connectivity index (χ1) is 21.6. The summed E-state index contributed by atoms with van der Waals surface area (Å²) in [5, 5.41) is 27.8. The van der Waals surface area contributed by atoms with Crippen LogP contribution < -0.4 is 15.4 Å². The van der Waals surface area contributed by atoms with E-state index in [1.165, 1.54) is 6.33 Å². The van der Waals surface area contributed by atoms with E-state index >= 15 is 0 Å². The molecule has 240 valence electrons. The van der Waals surface area contributed by atoms with Crippen LogP contribution in [-0.2, 0) is 19.6 Å². The Kier molecular flexibility index (Phi) is 10.2. The van der Waals surface area contributed by atoms with Gasteiger partial charge < -0.3 is 30.2 Å². The van der Waals surface area contributed by atoms with Gasteiger partial charge >= 0.3 is 0 Å². The highest BCUT2D eigenvalue weighted by Crippen LogP contribution is 2.36. The molecule has 1 aliphatic heterocycles. The van der Waals surface area contributed by atoms with E-state index in [1.54, 1.807) is 24.5 Å². The fraction of sp³-hybridized carbons (Fsp3) is 0.394. The van der Waals surface area contributed by atoms with Crippen molar-refractivity contribution in [2.45, 2.75) is 63.7 Å². The lowest BCUT2D eigenvalue weighted by molar-refractivity contribution is -0.137. The van der Waals surface area contributed by atoms with Crippen molar-refractivity contribution < 1.29 is 28.2 Å². The van der Waals surface area contributed by atoms with E-state index < -0.39 is 46.5 Å². The minimum Gasteiger partial charge on any atom is -0.387 e. The predicted molar refractivity (Wildman–Crippen MR) is 173 cm³/mol. The first-order valence-corrected chi connectivity index (χ1v) is 16.9. The molecule has 1 unspecified atom stereocenters. The largest absolute Gasteiger partial charge is 0.387 e. The molecule has 1 aliphatic rings. The van der Waals surface area contributed by atoms with Crippen LogP contribution >= 0.6 is 0 Å². The molecule has 1 amide bonds. The van der Waals surface area contributed by atoms with Gasteiger partial charge in [-0.25, -0.2) is 18.1 Å². The average molecular weight is 636 g/mol. The number of carbonyl (C=O) groups excluding carboxylic acids is 1. The summed E-state index contributed by atoms with van der Waals surface area (Å²) in [4.78, 5) is 17.2.